The molecule has 1 N–H and O–H groups in total. The average Bonchev–Trinajstić information content (AvgIpc) is 3.39. The normalized spacial score (nSPS) is 18.5. The van der Waals surface area contributed by atoms with Crippen LogP contribution in [0.2, 0.25) is 0 Å². The van der Waals surface area contributed by atoms with E-state index < -0.39 is 15.2 Å². The SMILES string of the molecule is CC(C)C(n1ncc2c(N3CCOC[C@H]3C)nc(-c3cccc4[nH]ccc34)nc21)S(C)(=O)=O. The highest BCUT2D eigenvalue weighted by Gasteiger charge is 2.32. The van der Waals surface area contributed by atoms with Crippen molar-refractivity contribution in [1.29, 1.82) is 0 Å². The lowest BCUT2D eigenvalue weighted by molar-refractivity contribution is 0.0987. The summed E-state index contributed by atoms with van der Waals surface area (Å²) >= 11 is 0. The van der Waals surface area contributed by atoms with Crippen molar-refractivity contribution in [3.63, 3.8) is 0 Å². The third-order valence-corrected chi connectivity index (χ3v) is 7.78. The van der Waals surface area contributed by atoms with Gasteiger partial charge in [-0.2, -0.15) is 5.10 Å². The molecule has 2 atom stereocenters. The number of nitrogens with zero attached hydrogens (tertiary/aromatic N) is 5. The molecule has 0 radical (unpaired) electrons. The van der Waals surface area contributed by atoms with Crippen LogP contribution in [0.5, 0.6) is 0 Å². The summed E-state index contributed by atoms with van der Waals surface area (Å²) in [4.78, 5) is 15.3. The van der Waals surface area contributed by atoms with Gasteiger partial charge in [0.15, 0.2) is 26.7 Å². The molecule has 0 saturated carbocycles. The average molecular weight is 469 g/mol. The van der Waals surface area contributed by atoms with Crippen molar-refractivity contribution < 1.29 is 13.2 Å². The first-order chi connectivity index (χ1) is 15.8. The summed E-state index contributed by atoms with van der Waals surface area (Å²) in [5.41, 5.74) is 2.39. The Hall–Kier alpha value is -2.98. The van der Waals surface area contributed by atoms with Crippen LogP contribution in [0.1, 0.15) is 26.1 Å². The molecule has 4 heterocycles. The number of aromatic amines is 1. The fraction of sp³-hybridized carbons (Fsp3) is 0.435. The maximum atomic E-state index is 12.7. The molecule has 4 aromatic rings. The summed E-state index contributed by atoms with van der Waals surface area (Å²) in [6, 6.07) is 8.07. The van der Waals surface area contributed by atoms with Crippen LogP contribution >= 0.6 is 0 Å². The Morgan fingerprint density at radius 2 is 2.00 bits per heavy atom. The predicted octanol–water partition coefficient (Wildman–Crippen LogP) is 3.40. The Morgan fingerprint density at radius 1 is 1.18 bits per heavy atom. The second-order valence-electron chi connectivity index (χ2n) is 9.02. The standard InChI is InChI=1S/C23H28N6O3S/c1-14(2)23(33(4,30)31)29-22-18(12-25-29)21(28-10-11-32-13-15(28)3)26-20(27-22)17-6-5-7-19-16(17)8-9-24-19/h5-9,12,14-15,23-24H,10-11,13H2,1-4H3/t15-,23?/m1/s1. The van der Waals surface area contributed by atoms with E-state index in [4.69, 9.17) is 14.7 Å². The number of sulfone groups is 1. The Morgan fingerprint density at radius 3 is 2.73 bits per heavy atom. The number of hydrogen-bond acceptors (Lipinski definition) is 7. The van der Waals surface area contributed by atoms with E-state index in [1.165, 1.54) is 6.26 Å². The maximum Gasteiger partial charge on any atom is 0.170 e. The van der Waals surface area contributed by atoms with Crippen LogP contribution in [-0.4, -0.2) is 65.2 Å². The zero-order valence-electron chi connectivity index (χ0n) is 19.2. The third kappa shape index (κ3) is 3.76. The predicted molar refractivity (Wildman–Crippen MR) is 129 cm³/mol. The molecule has 9 nitrogen and oxygen atoms in total. The molecule has 1 aromatic carbocycles. The smallest absolute Gasteiger partial charge is 0.170 e. The lowest BCUT2D eigenvalue weighted by Gasteiger charge is -2.34. The van der Waals surface area contributed by atoms with Gasteiger partial charge in [0, 0.05) is 35.5 Å². The molecule has 1 fully saturated rings. The molecule has 0 aliphatic carbocycles. The second-order valence-corrected chi connectivity index (χ2v) is 11.2. The van der Waals surface area contributed by atoms with E-state index in [9.17, 15) is 8.42 Å². The quantitative estimate of drug-likeness (QED) is 0.478. The Labute approximate surface area is 192 Å². The first-order valence-electron chi connectivity index (χ1n) is 11.1. The van der Waals surface area contributed by atoms with Gasteiger partial charge < -0.3 is 14.6 Å². The van der Waals surface area contributed by atoms with Crippen molar-refractivity contribution in [2.75, 3.05) is 30.9 Å². The maximum absolute atomic E-state index is 12.7. The van der Waals surface area contributed by atoms with E-state index in [1.807, 2.05) is 44.3 Å². The largest absolute Gasteiger partial charge is 0.377 e. The number of hydrogen-bond donors (Lipinski definition) is 1. The summed E-state index contributed by atoms with van der Waals surface area (Å²) < 4.78 is 32.6. The zero-order chi connectivity index (χ0) is 23.3. The van der Waals surface area contributed by atoms with Gasteiger partial charge in [0.05, 0.1) is 30.8 Å². The summed E-state index contributed by atoms with van der Waals surface area (Å²) in [5.74, 6) is 1.11. The number of anilines is 1. The van der Waals surface area contributed by atoms with Gasteiger partial charge in [-0.15, -0.1) is 0 Å². The number of ether oxygens (including phenoxy) is 1. The summed E-state index contributed by atoms with van der Waals surface area (Å²) in [6.45, 7) is 7.74. The van der Waals surface area contributed by atoms with E-state index in [2.05, 4.69) is 21.9 Å². The third-order valence-electron chi connectivity index (χ3n) is 6.16. The molecule has 1 unspecified atom stereocenters. The fourth-order valence-corrected chi connectivity index (χ4v) is 6.22. The van der Waals surface area contributed by atoms with Crippen LogP contribution in [0.3, 0.4) is 0 Å². The molecule has 1 saturated heterocycles. The molecular formula is C23H28N6O3S. The van der Waals surface area contributed by atoms with Gasteiger partial charge >= 0.3 is 0 Å². The molecule has 0 amide bonds. The summed E-state index contributed by atoms with van der Waals surface area (Å²) in [7, 11) is -3.43. The highest BCUT2D eigenvalue weighted by molar-refractivity contribution is 7.90. The molecule has 0 bridgehead atoms. The van der Waals surface area contributed by atoms with Crippen molar-refractivity contribution >= 4 is 37.6 Å². The zero-order valence-corrected chi connectivity index (χ0v) is 20.0. The minimum Gasteiger partial charge on any atom is -0.377 e. The summed E-state index contributed by atoms with van der Waals surface area (Å²) in [6.07, 6.45) is 4.83. The van der Waals surface area contributed by atoms with Crippen molar-refractivity contribution in [1.82, 2.24) is 24.7 Å². The minimum atomic E-state index is -3.43. The number of H-pyrrole nitrogens is 1. The lowest BCUT2D eigenvalue weighted by atomic mass is 10.1. The fourth-order valence-electron chi connectivity index (χ4n) is 4.72. The Bertz CT molecular complexity index is 1420. The molecule has 1 aliphatic heterocycles. The van der Waals surface area contributed by atoms with Gasteiger partial charge in [-0.1, -0.05) is 26.0 Å². The second kappa shape index (κ2) is 8.11. The first-order valence-corrected chi connectivity index (χ1v) is 13.1. The van der Waals surface area contributed by atoms with Crippen molar-refractivity contribution in [2.24, 2.45) is 5.92 Å². The molecule has 3 aromatic heterocycles. The molecule has 5 rings (SSSR count). The summed E-state index contributed by atoms with van der Waals surface area (Å²) in [5, 5.41) is 5.44. The Kier molecular flexibility index (Phi) is 5.37. The van der Waals surface area contributed by atoms with Crippen molar-refractivity contribution in [3.05, 3.63) is 36.7 Å². The van der Waals surface area contributed by atoms with E-state index in [1.54, 1.807) is 10.9 Å². The topological polar surface area (TPSA) is 106 Å². The molecule has 174 valence electrons. The van der Waals surface area contributed by atoms with Crippen LogP contribution in [0, 0.1) is 5.92 Å². The van der Waals surface area contributed by atoms with Gasteiger partial charge in [0.25, 0.3) is 0 Å². The van der Waals surface area contributed by atoms with E-state index >= 15 is 0 Å². The van der Waals surface area contributed by atoms with E-state index in [-0.39, 0.29) is 12.0 Å². The highest BCUT2D eigenvalue weighted by atomic mass is 32.2. The van der Waals surface area contributed by atoms with E-state index in [0.29, 0.717) is 31.2 Å². The van der Waals surface area contributed by atoms with Gasteiger partial charge in [0.1, 0.15) is 5.82 Å². The number of rotatable bonds is 5. The lowest BCUT2D eigenvalue weighted by Crippen LogP contribution is -2.44. The van der Waals surface area contributed by atoms with Crippen molar-refractivity contribution in [2.45, 2.75) is 32.2 Å². The monoisotopic (exact) mass is 468 g/mol. The number of nitrogens with one attached hydrogen (secondary N) is 1. The molecule has 33 heavy (non-hydrogen) atoms. The minimum absolute atomic E-state index is 0.118. The molecule has 10 heteroatoms. The Balaban J connectivity index is 1.80. The van der Waals surface area contributed by atoms with Crippen LogP contribution < -0.4 is 4.90 Å². The van der Waals surface area contributed by atoms with Gasteiger partial charge in [-0.25, -0.2) is 23.1 Å². The molecule has 0 spiro atoms. The number of fused-ring (bicyclic) bond motifs is 2. The van der Waals surface area contributed by atoms with Crippen LogP contribution in [0.4, 0.5) is 5.82 Å². The van der Waals surface area contributed by atoms with Crippen LogP contribution in [0.25, 0.3) is 33.3 Å². The van der Waals surface area contributed by atoms with E-state index in [0.717, 1.165) is 27.7 Å². The highest BCUT2D eigenvalue weighted by Crippen LogP contribution is 2.35. The van der Waals surface area contributed by atoms with Crippen molar-refractivity contribution in [3.8, 4) is 11.4 Å². The number of benzene rings is 1. The van der Waals surface area contributed by atoms with Gasteiger partial charge in [-0.05, 0) is 25.0 Å². The van der Waals surface area contributed by atoms with Gasteiger partial charge in [-0.3, -0.25) is 0 Å². The molecule has 1 aliphatic rings. The molecular weight excluding hydrogens is 440 g/mol. The number of aromatic nitrogens is 5. The van der Waals surface area contributed by atoms with Gasteiger partial charge in [0.2, 0.25) is 0 Å². The number of morpholine rings is 1. The van der Waals surface area contributed by atoms with Crippen LogP contribution in [-0.2, 0) is 14.6 Å². The first kappa shape index (κ1) is 21.8. The van der Waals surface area contributed by atoms with Crippen LogP contribution in [0.15, 0.2) is 36.7 Å².